The van der Waals surface area contributed by atoms with Crippen LogP contribution in [0.25, 0.3) is 0 Å². The standard InChI is InChI=1S/C11H25N/c1-6-10(5)11(12-7-2)8-9(3)4/h9-12H,6-8H2,1-5H3. The third-order valence-corrected chi connectivity index (χ3v) is 2.52. The highest BCUT2D eigenvalue weighted by molar-refractivity contribution is 4.73. The average molecular weight is 171 g/mol. The summed E-state index contributed by atoms with van der Waals surface area (Å²) < 4.78 is 0. The Bertz CT molecular complexity index is 99.2. The fourth-order valence-corrected chi connectivity index (χ4v) is 1.57. The van der Waals surface area contributed by atoms with Gasteiger partial charge in [0.15, 0.2) is 0 Å². The number of hydrogen-bond donors (Lipinski definition) is 1. The van der Waals surface area contributed by atoms with Crippen LogP contribution in [0.15, 0.2) is 0 Å². The Kier molecular flexibility index (Phi) is 6.45. The minimum atomic E-state index is 0.722. The molecule has 1 heteroatoms. The third kappa shape index (κ3) is 4.76. The van der Waals surface area contributed by atoms with Gasteiger partial charge < -0.3 is 5.32 Å². The molecule has 0 spiro atoms. The highest BCUT2D eigenvalue weighted by atomic mass is 14.9. The summed E-state index contributed by atoms with van der Waals surface area (Å²) in [5.41, 5.74) is 0. The van der Waals surface area contributed by atoms with Crippen molar-refractivity contribution in [3.05, 3.63) is 0 Å². The van der Waals surface area contributed by atoms with Gasteiger partial charge in [-0.3, -0.25) is 0 Å². The van der Waals surface area contributed by atoms with Gasteiger partial charge in [-0.25, -0.2) is 0 Å². The van der Waals surface area contributed by atoms with E-state index in [-0.39, 0.29) is 0 Å². The van der Waals surface area contributed by atoms with Crippen molar-refractivity contribution in [1.29, 1.82) is 0 Å². The lowest BCUT2D eigenvalue weighted by atomic mass is 9.91. The summed E-state index contributed by atoms with van der Waals surface area (Å²) in [5.74, 6) is 1.62. The monoisotopic (exact) mass is 171 g/mol. The van der Waals surface area contributed by atoms with Crippen LogP contribution in [-0.4, -0.2) is 12.6 Å². The van der Waals surface area contributed by atoms with E-state index in [2.05, 4.69) is 39.9 Å². The maximum absolute atomic E-state index is 3.56. The zero-order chi connectivity index (χ0) is 9.56. The van der Waals surface area contributed by atoms with Crippen LogP contribution in [0, 0.1) is 11.8 Å². The zero-order valence-corrected chi connectivity index (χ0v) is 9.35. The third-order valence-electron chi connectivity index (χ3n) is 2.52. The minimum Gasteiger partial charge on any atom is -0.314 e. The van der Waals surface area contributed by atoms with Crippen molar-refractivity contribution in [3.8, 4) is 0 Å². The molecule has 0 rings (SSSR count). The Balaban J connectivity index is 3.84. The smallest absolute Gasteiger partial charge is 0.00949 e. The van der Waals surface area contributed by atoms with Crippen LogP contribution >= 0.6 is 0 Å². The molecule has 12 heavy (non-hydrogen) atoms. The first-order valence-electron chi connectivity index (χ1n) is 5.35. The van der Waals surface area contributed by atoms with Gasteiger partial charge in [-0.2, -0.15) is 0 Å². The predicted octanol–water partition coefficient (Wildman–Crippen LogP) is 3.06. The van der Waals surface area contributed by atoms with E-state index in [1.807, 2.05) is 0 Å². The lowest BCUT2D eigenvalue weighted by Crippen LogP contribution is -2.35. The molecule has 0 aliphatic heterocycles. The molecule has 0 saturated carbocycles. The van der Waals surface area contributed by atoms with Crippen LogP contribution < -0.4 is 5.32 Å². The fourth-order valence-electron chi connectivity index (χ4n) is 1.57. The maximum Gasteiger partial charge on any atom is 0.00949 e. The lowest BCUT2D eigenvalue weighted by Gasteiger charge is -2.25. The second-order valence-corrected chi connectivity index (χ2v) is 4.18. The predicted molar refractivity (Wildman–Crippen MR) is 56.4 cm³/mol. The first kappa shape index (κ1) is 12.0. The molecule has 2 atom stereocenters. The summed E-state index contributed by atoms with van der Waals surface area (Å²) in [6.45, 7) is 12.5. The molecule has 0 radical (unpaired) electrons. The van der Waals surface area contributed by atoms with Gasteiger partial charge >= 0.3 is 0 Å². The van der Waals surface area contributed by atoms with Crippen LogP contribution in [0.1, 0.15) is 47.5 Å². The Morgan fingerprint density at radius 3 is 2.00 bits per heavy atom. The first-order valence-corrected chi connectivity index (χ1v) is 5.35. The molecule has 0 saturated heterocycles. The topological polar surface area (TPSA) is 12.0 Å². The van der Waals surface area contributed by atoms with Gasteiger partial charge in [0.2, 0.25) is 0 Å². The minimum absolute atomic E-state index is 0.722. The lowest BCUT2D eigenvalue weighted by molar-refractivity contribution is 0.320. The Morgan fingerprint density at radius 1 is 1.08 bits per heavy atom. The van der Waals surface area contributed by atoms with Gasteiger partial charge in [-0.1, -0.05) is 41.0 Å². The van der Waals surface area contributed by atoms with Crippen molar-refractivity contribution in [2.24, 2.45) is 11.8 Å². The fraction of sp³-hybridized carbons (Fsp3) is 1.00. The molecule has 0 bridgehead atoms. The quantitative estimate of drug-likeness (QED) is 0.647. The van der Waals surface area contributed by atoms with Gasteiger partial charge in [-0.05, 0) is 24.8 Å². The summed E-state index contributed by atoms with van der Waals surface area (Å²) >= 11 is 0. The maximum atomic E-state index is 3.56. The van der Waals surface area contributed by atoms with Crippen molar-refractivity contribution >= 4 is 0 Å². The molecule has 0 aromatic heterocycles. The van der Waals surface area contributed by atoms with Crippen LogP contribution in [0.5, 0.6) is 0 Å². The first-order chi connectivity index (χ1) is 5.61. The van der Waals surface area contributed by atoms with E-state index in [0.717, 1.165) is 24.4 Å². The van der Waals surface area contributed by atoms with Gasteiger partial charge in [0.05, 0.1) is 0 Å². The van der Waals surface area contributed by atoms with Gasteiger partial charge in [-0.15, -0.1) is 0 Å². The Labute approximate surface area is 77.9 Å². The Morgan fingerprint density at radius 2 is 1.67 bits per heavy atom. The molecule has 0 aromatic carbocycles. The summed E-state index contributed by atoms with van der Waals surface area (Å²) in [7, 11) is 0. The second-order valence-electron chi connectivity index (χ2n) is 4.18. The molecule has 0 aliphatic carbocycles. The van der Waals surface area contributed by atoms with Crippen LogP contribution in [-0.2, 0) is 0 Å². The van der Waals surface area contributed by atoms with Crippen molar-refractivity contribution < 1.29 is 0 Å². The summed E-state index contributed by atoms with van der Waals surface area (Å²) in [5, 5.41) is 3.56. The van der Waals surface area contributed by atoms with E-state index >= 15 is 0 Å². The normalized spacial score (nSPS) is 16.5. The van der Waals surface area contributed by atoms with Crippen LogP contribution in [0.3, 0.4) is 0 Å². The molecule has 74 valence electrons. The molecule has 0 aliphatic rings. The zero-order valence-electron chi connectivity index (χ0n) is 9.35. The molecular weight excluding hydrogens is 146 g/mol. The molecular formula is C11H25N. The molecule has 0 heterocycles. The largest absolute Gasteiger partial charge is 0.314 e. The van der Waals surface area contributed by atoms with E-state index in [9.17, 15) is 0 Å². The average Bonchev–Trinajstić information content (AvgIpc) is 2.01. The molecule has 0 amide bonds. The number of hydrogen-bond acceptors (Lipinski definition) is 1. The number of nitrogens with one attached hydrogen (secondary N) is 1. The van der Waals surface area contributed by atoms with Gasteiger partial charge in [0.1, 0.15) is 0 Å². The van der Waals surface area contributed by atoms with Crippen molar-refractivity contribution in [2.45, 2.75) is 53.5 Å². The highest BCUT2D eigenvalue weighted by Gasteiger charge is 2.15. The molecule has 1 N–H and O–H groups in total. The van der Waals surface area contributed by atoms with Crippen molar-refractivity contribution in [1.82, 2.24) is 5.32 Å². The van der Waals surface area contributed by atoms with Crippen molar-refractivity contribution in [3.63, 3.8) is 0 Å². The summed E-state index contributed by atoms with van der Waals surface area (Å²) in [6, 6.07) is 0.722. The summed E-state index contributed by atoms with van der Waals surface area (Å²) in [6.07, 6.45) is 2.59. The van der Waals surface area contributed by atoms with E-state index in [1.165, 1.54) is 12.8 Å². The van der Waals surface area contributed by atoms with E-state index < -0.39 is 0 Å². The Hall–Kier alpha value is -0.0400. The van der Waals surface area contributed by atoms with Crippen LogP contribution in [0.4, 0.5) is 0 Å². The van der Waals surface area contributed by atoms with Gasteiger partial charge in [0.25, 0.3) is 0 Å². The molecule has 1 nitrogen and oxygen atoms in total. The van der Waals surface area contributed by atoms with E-state index in [4.69, 9.17) is 0 Å². The summed E-state index contributed by atoms with van der Waals surface area (Å²) in [4.78, 5) is 0. The van der Waals surface area contributed by atoms with E-state index in [0.29, 0.717) is 0 Å². The SMILES string of the molecule is CCNC(CC(C)C)C(C)CC. The number of rotatable bonds is 6. The highest BCUT2D eigenvalue weighted by Crippen LogP contribution is 2.15. The van der Waals surface area contributed by atoms with E-state index in [1.54, 1.807) is 0 Å². The molecule has 2 unspecified atom stereocenters. The van der Waals surface area contributed by atoms with Crippen molar-refractivity contribution in [2.75, 3.05) is 6.54 Å². The van der Waals surface area contributed by atoms with Crippen LogP contribution in [0.2, 0.25) is 0 Å². The molecule has 0 aromatic rings. The molecule has 0 fully saturated rings. The second kappa shape index (κ2) is 6.47. The van der Waals surface area contributed by atoms with Gasteiger partial charge in [0, 0.05) is 6.04 Å².